The van der Waals surface area contributed by atoms with Crippen LogP contribution in [0.5, 0.6) is 0 Å². The molecule has 2 aromatic rings. The molecular weight excluding hydrogens is 332 g/mol. The Hall–Kier alpha value is -1.93. The molecule has 0 bridgehead atoms. The highest BCUT2D eigenvalue weighted by Crippen LogP contribution is 2.19. The standard InChI is InChI=1S/C15H18N4O2S2/c1-3-19(4-2)15(22)23-10-12(20)16-14-18-17-13(21-14)11-8-6-5-7-9-11/h5-9H,3-4,10H2,1-2H3,(H,16,18,20). The lowest BCUT2D eigenvalue weighted by Crippen LogP contribution is -2.28. The van der Waals surface area contributed by atoms with E-state index in [1.54, 1.807) is 0 Å². The van der Waals surface area contributed by atoms with E-state index in [-0.39, 0.29) is 17.7 Å². The second-order valence-electron chi connectivity index (χ2n) is 4.55. The summed E-state index contributed by atoms with van der Waals surface area (Å²) in [4.78, 5) is 13.9. The molecule has 0 aliphatic rings. The molecule has 0 unspecified atom stereocenters. The fourth-order valence-corrected chi connectivity index (χ4v) is 3.03. The summed E-state index contributed by atoms with van der Waals surface area (Å²) in [5.74, 6) is 0.346. The van der Waals surface area contributed by atoms with Gasteiger partial charge in [-0.2, -0.15) is 0 Å². The lowest BCUT2D eigenvalue weighted by atomic mass is 10.2. The molecule has 8 heteroatoms. The van der Waals surface area contributed by atoms with E-state index in [0.29, 0.717) is 10.2 Å². The van der Waals surface area contributed by atoms with Gasteiger partial charge in [-0.1, -0.05) is 47.3 Å². The maximum atomic E-state index is 11.9. The van der Waals surface area contributed by atoms with Crippen LogP contribution in [0.2, 0.25) is 0 Å². The first kappa shape index (κ1) is 17.4. The van der Waals surface area contributed by atoms with Crippen LogP contribution in [0.25, 0.3) is 11.5 Å². The van der Waals surface area contributed by atoms with E-state index in [1.807, 2.05) is 49.1 Å². The predicted octanol–water partition coefficient (Wildman–Crippen LogP) is 3.04. The quantitative estimate of drug-likeness (QED) is 0.803. The molecule has 1 N–H and O–H groups in total. The molecule has 0 saturated carbocycles. The van der Waals surface area contributed by atoms with Crippen LogP contribution in [0, 0.1) is 0 Å². The van der Waals surface area contributed by atoms with Crippen molar-refractivity contribution in [2.75, 3.05) is 24.2 Å². The molecule has 1 aromatic carbocycles. The first-order chi connectivity index (χ1) is 11.1. The second kappa shape index (κ2) is 8.64. The molecule has 23 heavy (non-hydrogen) atoms. The number of nitrogens with one attached hydrogen (secondary N) is 1. The number of aromatic nitrogens is 2. The van der Waals surface area contributed by atoms with E-state index in [0.717, 1.165) is 18.7 Å². The Morgan fingerprint density at radius 2 is 1.96 bits per heavy atom. The molecule has 0 radical (unpaired) electrons. The molecule has 1 amide bonds. The second-order valence-corrected chi connectivity index (χ2v) is 6.16. The molecule has 6 nitrogen and oxygen atoms in total. The Bertz CT molecular complexity index is 657. The van der Waals surface area contributed by atoms with Crippen LogP contribution in [0.1, 0.15) is 13.8 Å². The highest BCUT2D eigenvalue weighted by atomic mass is 32.2. The minimum Gasteiger partial charge on any atom is -0.403 e. The van der Waals surface area contributed by atoms with Crippen molar-refractivity contribution >= 4 is 40.2 Å². The molecule has 0 spiro atoms. The summed E-state index contributed by atoms with van der Waals surface area (Å²) in [5.41, 5.74) is 0.803. The molecule has 0 saturated heterocycles. The summed E-state index contributed by atoms with van der Waals surface area (Å²) in [7, 11) is 0. The summed E-state index contributed by atoms with van der Waals surface area (Å²) in [6.45, 7) is 5.71. The van der Waals surface area contributed by atoms with Crippen LogP contribution in [0.3, 0.4) is 0 Å². The molecule has 1 heterocycles. The summed E-state index contributed by atoms with van der Waals surface area (Å²) in [6.07, 6.45) is 0. The van der Waals surface area contributed by atoms with Crippen molar-refractivity contribution in [3.05, 3.63) is 30.3 Å². The Morgan fingerprint density at radius 1 is 1.26 bits per heavy atom. The van der Waals surface area contributed by atoms with Gasteiger partial charge in [0.05, 0.1) is 5.75 Å². The third-order valence-electron chi connectivity index (χ3n) is 3.04. The largest absolute Gasteiger partial charge is 0.403 e. The summed E-state index contributed by atoms with van der Waals surface area (Å²) in [5, 5.41) is 10.3. The topological polar surface area (TPSA) is 71.3 Å². The van der Waals surface area contributed by atoms with Crippen molar-refractivity contribution in [3.8, 4) is 11.5 Å². The van der Waals surface area contributed by atoms with Gasteiger partial charge in [-0.25, -0.2) is 0 Å². The molecule has 122 valence electrons. The molecular formula is C15H18N4O2S2. The van der Waals surface area contributed by atoms with Gasteiger partial charge in [0.15, 0.2) is 0 Å². The summed E-state index contributed by atoms with van der Waals surface area (Å²) < 4.78 is 6.14. The van der Waals surface area contributed by atoms with E-state index in [2.05, 4.69) is 15.5 Å². The monoisotopic (exact) mass is 350 g/mol. The fraction of sp³-hybridized carbons (Fsp3) is 0.333. The Kier molecular flexibility index (Phi) is 6.54. The number of rotatable bonds is 6. The SMILES string of the molecule is CCN(CC)C(=S)SCC(=O)Nc1nnc(-c2ccccc2)o1. The van der Waals surface area contributed by atoms with E-state index >= 15 is 0 Å². The van der Waals surface area contributed by atoms with E-state index in [4.69, 9.17) is 16.6 Å². The minimum absolute atomic E-state index is 0.0863. The number of anilines is 1. The molecule has 0 aliphatic carbocycles. The number of thioether (sulfide) groups is 1. The maximum absolute atomic E-state index is 11.9. The van der Waals surface area contributed by atoms with Crippen molar-refractivity contribution < 1.29 is 9.21 Å². The van der Waals surface area contributed by atoms with E-state index < -0.39 is 0 Å². The molecule has 0 atom stereocenters. The average Bonchev–Trinajstić information content (AvgIpc) is 3.03. The van der Waals surface area contributed by atoms with Crippen LogP contribution in [-0.2, 0) is 4.79 Å². The minimum atomic E-state index is -0.229. The Labute approximate surface area is 144 Å². The van der Waals surface area contributed by atoms with Gasteiger partial charge in [-0.3, -0.25) is 10.1 Å². The summed E-state index contributed by atoms with van der Waals surface area (Å²) in [6, 6.07) is 9.46. The maximum Gasteiger partial charge on any atom is 0.322 e. The van der Waals surface area contributed by atoms with Gasteiger partial charge in [-0.15, -0.1) is 5.10 Å². The number of benzene rings is 1. The van der Waals surface area contributed by atoms with Gasteiger partial charge < -0.3 is 9.32 Å². The highest BCUT2D eigenvalue weighted by Gasteiger charge is 2.13. The van der Waals surface area contributed by atoms with Crippen LogP contribution < -0.4 is 5.32 Å². The smallest absolute Gasteiger partial charge is 0.322 e. The van der Waals surface area contributed by atoms with Gasteiger partial charge in [0.25, 0.3) is 0 Å². The number of carbonyl (C=O) groups is 1. The zero-order chi connectivity index (χ0) is 16.7. The van der Waals surface area contributed by atoms with Crippen LogP contribution >= 0.6 is 24.0 Å². The van der Waals surface area contributed by atoms with Crippen LogP contribution in [0.15, 0.2) is 34.7 Å². The first-order valence-electron chi connectivity index (χ1n) is 7.24. The third kappa shape index (κ3) is 5.04. The number of hydrogen-bond donors (Lipinski definition) is 1. The van der Waals surface area contributed by atoms with Gasteiger partial charge in [0.1, 0.15) is 4.32 Å². The first-order valence-corrected chi connectivity index (χ1v) is 8.63. The predicted molar refractivity (Wildman–Crippen MR) is 96.3 cm³/mol. The van der Waals surface area contributed by atoms with Crippen molar-refractivity contribution in [2.24, 2.45) is 0 Å². The van der Waals surface area contributed by atoms with Crippen molar-refractivity contribution in [3.63, 3.8) is 0 Å². The number of nitrogens with zero attached hydrogens (tertiary/aromatic N) is 3. The van der Waals surface area contributed by atoms with Gasteiger partial charge >= 0.3 is 6.01 Å². The average molecular weight is 350 g/mol. The number of thiocarbonyl (C=S) groups is 1. The third-order valence-corrected chi connectivity index (χ3v) is 4.56. The zero-order valence-corrected chi connectivity index (χ0v) is 14.6. The van der Waals surface area contributed by atoms with Gasteiger partial charge in [0.2, 0.25) is 11.8 Å². The van der Waals surface area contributed by atoms with Crippen LogP contribution in [0.4, 0.5) is 6.01 Å². The van der Waals surface area contributed by atoms with Crippen molar-refractivity contribution in [1.82, 2.24) is 15.1 Å². The highest BCUT2D eigenvalue weighted by molar-refractivity contribution is 8.23. The number of amides is 1. The lowest BCUT2D eigenvalue weighted by Gasteiger charge is -2.20. The summed E-state index contributed by atoms with van der Waals surface area (Å²) >= 11 is 6.60. The number of hydrogen-bond acceptors (Lipinski definition) is 6. The fourth-order valence-electron chi connectivity index (χ4n) is 1.83. The number of carbonyl (C=O) groups excluding carboxylic acids is 1. The molecule has 2 rings (SSSR count). The molecule has 0 aliphatic heterocycles. The van der Waals surface area contributed by atoms with Crippen molar-refractivity contribution in [2.45, 2.75) is 13.8 Å². The lowest BCUT2D eigenvalue weighted by molar-refractivity contribution is -0.113. The Morgan fingerprint density at radius 3 is 2.61 bits per heavy atom. The normalized spacial score (nSPS) is 10.3. The van der Waals surface area contributed by atoms with Gasteiger partial charge in [0, 0.05) is 18.7 Å². The molecule has 1 aromatic heterocycles. The Balaban J connectivity index is 1.87. The zero-order valence-electron chi connectivity index (χ0n) is 13.0. The molecule has 0 fully saturated rings. The van der Waals surface area contributed by atoms with E-state index in [1.165, 1.54) is 11.8 Å². The van der Waals surface area contributed by atoms with Crippen molar-refractivity contribution in [1.29, 1.82) is 0 Å². The van der Waals surface area contributed by atoms with Gasteiger partial charge in [-0.05, 0) is 26.0 Å². The van der Waals surface area contributed by atoms with Crippen LogP contribution in [-0.4, -0.2) is 44.2 Å². The van der Waals surface area contributed by atoms with E-state index in [9.17, 15) is 4.79 Å².